The van der Waals surface area contributed by atoms with Crippen molar-refractivity contribution in [2.24, 2.45) is 5.73 Å². The Morgan fingerprint density at radius 1 is 1.92 bits per heavy atom. The molecular weight excluding hydrogens is 158 g/mol. The molecule has 1 aromatic heterocycles. The summed E-state index contributed by atoms with van der Waals surface area (Å²) in [5.74, 6) is -0.494. The van der Waals surface area contributed by atoms with Gasteiger partial charge in [-0.05, 0) is 6.42 Å². The first-order valence-electron chi connectivity index (χ1n) is 3.69. The summed E-state index contributed by atoms with van der Waals surface area (Å²) >= 11 is 0. The number of rotatable bonds is 3. The van der Waals surface area contributed by atoms with Crippen molar-refractivity contribution in [3.63, 3.8) is 0 Å². The van der Waals surface area contributed by atoms with Crippen LogP contribution in [0.25, 0.3) is 0 Å². The third-order valence-corrected chi connectivity index (χ3v) is 1.62. The highest BCUT2D eigenvalue weighted by Crippen LogP contribution is 2.08. The molecule has 0 aromatic carbocycles. The summed E-state index contributed by atoms with van der Waals surface area (Å²) in [5.41, 5.74) is 5.70. The third kappa shape index (κ3) is 1.62. The van der Waals surface area contributed by atoms with Gasteiger partial charge in [0.25, 0.3) is 0 Å². The lowest BCUT2D eigenvalue weighted by molar-refractivity contribution is 0.0691. The maximum atomic E-state index is 10.4. The first-order chi connectivity index (χ1) is 5.65. The summed E-state index contributed by atoms with van der Waals surface area (Å²) in [6, 6.07) is -0.210. The zero-order valence-electron chi connectivity index (χ0n) is 6.74. The molecule has 4 N–H and O–H groups in total. The number of H-pyrrole nitrogens is 1. The van der Waals surface area contributed by atoms with Gasteiger partial charge < -0.3 is 15.8 Å². The molecule has 0 bridgehead atoms. The van der Waals surface area contributed by atoms with Crippen LogP contribution in [0.15, 0.2) is 6.20 Å². The van der Waals surface area contributed by atoms with E-state index in [4.69, 9.17) is 10.8 Å². The Hall–Kier alpha value is -1.36. The maximum absolute atomic E-state index is 10.4. The van der Waals surface area contributed by atoms with Crippen molar-refractivity contribution in [1.82, 2.24) is 9.97 Å². The lowest BCUT2D eigenvalue weighted by Gasteiger charge is -2.02. The van der Waals surface area contributed by atoms with Gasteiger partial charge in [0.15, 0.2) is 0 Å². The highest BCUT2D eigenvalue weighted by Gasteiger charge is 2.10. The van der Waals surface area contributed by atoms with Crippen molar-refractivity contribution in [2.45, 2.75) is 19.4 Å². The Kier molecular flexibility index (Phi) is 2.44. The fraction of sp³-hybridized carbons (Fsp3) is 0.429. The molecule has 12 heavy (non-hydrogen) atoms. The molecule has 0 aliphatic rings. The van der Waals surface area contributed by atoms with Crippen LogP contribution in [-0.4, -0.2) is 21.0 Å². The second-order valence-electron chi connectivity index (χ2n) is 2.50. The molecule has 0 spiro atoms. The van der Waals surface area contributed by atoms with E-state index in [0.29, 0.717) is 5.82 Å². The van der Waals surface area contributed by atoms with E-state index in [0.717, 1.165) is 6.42 Å². The molecule has 1 rings (SSSR count). The first-order valence-corrected chi connectivity index (χ1v) is 3.69. The number of nitrogens with zero attached hydrogens (tertiary/aromatic N) is 1. The van der Waals surface area contributed by atoms with Crippen molar-refractivity contribution in [3.8, 4) is 0 Å². The van der Waals surface area contributed by atoms with Crippen molar-refractivity contribution in [1.29, 1.82) is 0 Å². The van der Waals surface area contributed by atoms with E-state index < -0.39 is 5.97 Å². The van der Waals surface area contributed by atoms with Gasteiger partial charge in [0.05, 0.1) is 12.2 Å². The highest BCUT2D eigenvalue weighted by molar-refractivity contribution is 5.85. The number of aromatic amines is 1. The minimum atomic E-state index is -1.02. The van der Waals surface area contributed by atoms with E-state index in [-0.39, 0.29) is 11.7 Å². The summed E-state index contributed by atoms with van der Waals surface area (Å²) < 4.78 is 0. The molecule has 5 heteroatoms. The number of hydrogen-bond acceptors (Lipinski definition) is 3. The second-order valence-corrected chi connectivity index (χ2v) is 2.50. The number of carboxylic acid groups (broad SMARTS) is 1. The molecular formula is C7H11N3O2. The maximum Gasteiger partial charge on any atom is 0.353 e. The lowest BCUT2D eigenvalue weighted by Crippen LogP contribution is -2.10. The molecule has 66 valence electrons. The van der Waals surface area contributed by atoms with Gasteiger partial charge >= 0.3 is 5.97 Å². The van der Waals surface area contributed by atoms with E-state index in [1.54, 1.807) is 0 Å². The van der Waals surface area contributed by atoms with Crippen LogP contribution in [0.1, 0.15) is 35.7 Å². The minimum Gasteiger partial charge on any atom is -0.477 e. The summed E-state index contributed by atoms with van der Waals surface area (Å²) in [5, 5.41) is 8.54. The smallest absolute Gasteiger partial charge is 0.353 e. The number of nitrogens with two attached hydrogens (primary N) is 1. The molecule has 0 fully saturated rings. The van der Waals surface area contributed by atoms with Crippen LogP contribution in [0.2, 0.25) is 0 Å². The highest BCUT2D eigenvalue weighted by atomic mass is 16.4. The summed E-state index contributed by atoms with van der Waals surface area (Å²) in [4.78, 5) is 16.9. The van der Waals surface area contributed by atoms with Crippen molar-refractivity contribution in [3.05, 3.63) is 17.7 Å². The number of aromatic carboxylic acids is 1. The number of hydrogen-bond donors (Lipinski definition) is 3. The largest absolute Gasteiger partial charge is 0.477 e. The monoisotopic (exact) mass is 169 g/mol. The zero-order chi connectivity index (χ0) is 9.14. The molecule has 0 radical (unpaired) electrons. The van der Waals surface area contributed by atoms with Crippen LogP contribution in [0, 0.1) is 0 Å². The fourth-order valence-electron chi connectivity index (χ4n) is 0.827. The quantitative estimate of drug-likeness (QED) is 0.615. The molecule has 0 aliphatic carbocycles. The van der Waals surface area contributed by atoms with Gasteiger partial charge in [-0.15, -0.1) is 0 Å². The topological polar surface area (TPSA) is 92.0 Å². The SMILES string of the molecule is CC[C@@H](N)c1ncc(C(=O)O)[nH]1. The Morgan fingerprint density at radius 3 is 3.00 bits per heavy atom. The van der Waals surface area contributed by atoms with E-state index in [1.165, 1.54) is 6.20 Å². The lowest BCUT2D eigenvalue weighted by atomic mass is 10.2. The second kappa shape index (κ2) is 3.36. The van der Waals surface area contributed by atoms with Crippen LogP contribution < -0.4 is 5.73 Å². The standard InChI is InChI=1S/C7H11N3O2/c1-2-4(8)6-9-3-5(10-6)7(11)12/h3-4H,2,8H2,1H3,(H,9,10)(H,11,12)/t4-/m1/s1. The van der Waals surface area contributed by atoms with Crippen molar-refractivity contribution in [2.75, 3.05) is 0 Å². The number of nitrogens with one attached hydrogen (secondary N) is 1. The molecule has 1 heterocycles. The van der Waals surface area contributed by atoms with Gasteiger partial charge in [-0.1, -0.05) is 6.92 Å². The number of carbonyl (C=O) groups is 1. The number of carboxylic acids is 1. The van der Waals surface area contributed by atoms with Crippen LogP contribution in [0.4, 0.5) is 0 Å². The van der Waals surface area contributed by atoms with E-state index in [2.05, 4.69) is 9.97 Å². The molecule has 1 aromatic rings. The van der Waals surface area contributed by atoms with Gasteiger partial charge in [-0.2, -0.15) is 0 Å². The van der Waals surface area contributed by atoms with Gasteiger partial charge in [-0.3, -0.25) is 0 Å². The summed E-state index contributed by atoms with van der Waals surface area (Å²) in [7, 11) is 0. The molecule has 0 saturated carbocycles. The molecule has 0 saturated heterocycles. The Bertz CT molecular complexity index is 282. The van der Waals surface area contributed by atoms with E-state index in [1.807, 2.05) is 6.92 Å². The normalized spacial score (nSPS) is 12.8. The van der Waals surface area contributed by atoms with Gasteiger partial charge in [0.2, 0.25) is 0 Å². The van der Waals surface area contributed by atoms with Crippen molar-refractivity contribution >= 4 is 5.97 Å². The zero-order valence-corrected chi connectivity index (χ0v) is 6.74. The Labute approximate surface area is 69.6 Å². The fourth-order valence-corrected chi connectivity index (χ4v) is 0.827. The number of imidazole rings is 1. The molecule has 0 unspecified atom stereocenters. The summed E-state index contributed by atoms with van der Waals surface area (Å²) in [6.45, 7) is 1.91. The average molecular weight is 169 g/mol. The minimum absolute atomic E-state index is 0.0777. The molecule has 1 atom stereocenters. The van der Waals surface area contributed by atoms with E-state index >= 15 is 0 Å². The molecule has 0 amide bonds. The van der Waals surface area contributed by atoms with Gasteiger partial charge in [0.1, 0.15) is 11.5 Å². The van der Waals surface area contributed by atoms with Crippen LogP contribution in [-0.2, 0) is 0 Å². The van der Waals surface area contributed by atoms with Gasteiger partial charge in [0, 0.05) is 0 Å². The van der Waals surface area contributed by atoms with Crippen molar-refractivity contribution < 1.29 is 9.90 Å². The Morgan fingerprint density at radius 2 is 2.58 bits per heavy atom. The summed E-state index contributed by atoms with van der Waals surface area (Å²) in [6.07, 6.45) is 2.00. The van der Waals surface area contributed by atoms with Crippen LogP contribution in [0.5, 0.6) is 0 Å². The van der Waals surface area contributed by atoms with Crippen LogP contribution >= 0.6 is 0 Å². The molecule has 0 aliphatic heterocycles. The number of aromatic nitrogens is 2. The molecule has 5 nitrogen and oxygen atoms in total. The van der Waals surface area contributed by atoms with Crippen LogP contribution in [0.3, 0.4) is 0 Å². The Balaban J connectivity index is 2.84. The van der Waals surface area contributed by atoms with E-state index in [9.17, 15) is 4.79 Å². The van der Waals surface area contributed by atoms with Gasteiger partial charge in [-0.25, -0.2) is 9.78 Å². The average Bonchev–Trinajstić information content (AvgIpc) is 2.51. The third-order valence-electron chi connectivity index (χ3n) is 1.62. The first kappa shape index (κ1) is 8.73. The predicted molar refractivity (Wildman–Crippen MR) is 42.8 cm³/mol. The predicted octanol–water partition coefficient (Wildman–Crippen LogP) is 0.518.